The summed E-state index contributed by atoms with van der Waals surface area (Å²) in [5.74, 6) is 0. The molecule has 0 amide bonds. The van der Waals surface area contributed by atoms with E-state index in [1.54, 1.807) is 6.33 Å². The van der Waals surface area contributed by atoms with E-state index in [2.05, 4.69) is 26.7 Å². The molecule has 25 heavy (non-hydrogen) atoms. The Morgan fingerprint density at radius 1 is 1.16 bits per heavy atom. The lowest BCUT2D eigenvalue weighted by atomic mass is 9.97. The molecule has 2 aromatic rings. The van der Waals surface area contributed by atoms with Crippen LogP contribution in [0.15, 0.2) is 12.4 Å². The van der Waals surface area contributed by atoms with Gasteiger partial charge < -0.3 is 19.4 Å². The topological polar surface area (TPSA) is 53.6 Å². The smallest absolute Gasteiger partial charge is 0.0952 e. The first-order chi connectivity index (χ1) is 12.3. The molecule has 1 N–H and O–H groups in total. The zero-order valence-electron chi connectivity index (χ0n) is 14.3. The molecule has 2 fully saturated rings. The lowest BCUT2D eigenvalue weighted by Gasteiger charge is -2.38. The van der Waals surface area contributed by atoms with Crippen LogP contribution in [-0.2, 0) is 9.47 Å². The molecule has 6 nitrogen and oxygen atoms in total. The maximum Gasteiger partial charge on any atom is 0.0952 e. The Balaban J connectivity index is 1.84. The summed E-state index contributed by atoms with van der Waals surface area (Å²) < 4.78 is 11.1. The van der Waals surface area contributed by atoms with Crippen LogP contribution in [-0.4, -0.2) is 67.5 Å². The zero-order valence-corrected chi connectivity index (χ0v) is 15.1. The van der Waals surface area contributed by atoms with Crippen LogP contribution in [0.5, 0.6) is 0 Å². The van der Waals surface area contributed by atoms with Crippen molar-refractivity contribution in [1.82, 2.24) is 14.9 Å². The van der Waals surface area contributed by atoms with Crippen molar-refractivity contribution >= 4 is 28.3 Å². The lowest BCUT2D eigenvalue weighted by Crippen LogP contribution is -2.41. The van der Waals surface area contributed by atoms with Crippen molar-refractivity contribution < 1.29 is 9.47 Å². The average molecular weight is 364 g/mol. The van der Waals surface area contributed by atoms with Gasteiger partial charge in [0, 0.05) is 37.8 Å². The number of ether oxygens (including phenoxy) is 2. The molecule has 1 radical (unpaired) electrons. The second-order valence-electron chi connectivity index (χ2n) is 6.47. The Labute approximate surface area is 153 Å². The summed E-state index contributed by atoms with van der Waals surface area (Å²) in [6.07, 6.45) is 2.51. The van der Waals surface area contributed by atoms with Gasteiger partial charge in [-0.1, -0.05) is 18.5 Å². The van der Waals surface area contributed by atoms with Gasteiger partial charge in [0.2, 0.25) is 0 Å². The quantitative estimate of drug-likeness (QED) is 0.905. The number of hydrogen-bond acceptors (Lipinski definition) is 5. The van der Waals surface area contributed by atoms with Crippen LogP contribution in [0.1, 0.15) is 18.0 Å². The summed E-state index contributed by atoms with van der Waals surface area (Å²) in [6, 6.07) is 2.16. The lowest BCUT2D eigenvalue weighted by molar-refractivity contribution is 0.0168. The van der Waals surface area contributed by atoms with Crippen molar-refractivity contribution in [1.29, 1.82) is 0 Å². The summed E-state index contributed by atoms with van der Waals surface area (Å²) in [5.41, 5.74) is 4.24. The van der Waals surface area contributed by atoms with Crippen LogP contribution in [0.3, 0.4) is 0 Å². The molecule has 2 aliphatic rings. The van der Waals surface area contributed by atoms with Crippen LogP contribution in [0, 0.1) is 6.92 Å². The summed E-state index contributed by atoms with van der Waals surface area (Å²) in [5, 5.41) is 0.764. The third kappa shape index (κ3) is 3.24. The third-order valence-corrected chi connectivity index (χ3v) is 5.38. The largest absolute Gasteiger partial charge is 0.379 e. The molecular formula is C18H24ClN4O2. The highest BCUT2D eigenvalue weighted by molar-refractivity contribution is 6.34. The van der Waals surface area contributed by atoms with E-state index >= 15 is 0 Å². The van der Waals surface area contributed by atoms with Gasteiger partial charge in [-0.05, 0) is 12.5 Å². The minimum atomic E-state index is 0.172. The normalized spacial score (nSPS) is 21.0. The van der Waals surface area contributed by atoms with Gasteiger partial charge in [-0.25, -0.2) is 4.98 Å². The van der Waals surface area contributed by atoms with E-state index in [1.807, 2.05) is 6.07 Å². The van der Waals surface area contributed by atoms with Crippen molar-refractivity contribution in [2.24, 2.45) is 0 Å². The Morgan fingerprint density at radius 3 is 2.52 bits per heavy atom. The molecule has 1 aromatic heterocycles. The molecule has 0 aliphatic carbocycles. The Kier molecular flexibility index (Phi) is 5.12. The number of benzene rings is 1. The van der Waals surface area contributed by atoms with Gasteiger partial charge in [-0.15, -0.1) is 0 Å². The molecule has 1 unspecified atom stereocenters. The van der Waals surface area contributed by atoms with Gasteiger partial charge in [0.05, 0.1) is 54.5 Å². The summed E-state index contributed by atoms with van der Waals surface area (Å²) in [6.45, 7) is 10.7. The molecule has 4 rings (SSSR count). The molecular weight excluding hydrogens is 340 g/mol. The molecule has 0 saturated carbocycles. The highest BCUT2D eigenvalue weighted by atomic mass is 35.5. The molecule has 2 aliphatic heterocycles. The van der Waals surface area contributed by atoms with Gasteiger partial charge in [0.15, 0.2) is 0 Å². The van der Waals surface area contributed by atoms with E-state index in [9.17, 15) is 0 Å². The number of morpholine rings is 2. The van der Waals surface area contributed by atoms with Crippen LogP contribution < -0.4 is 4.90 Å². The summed E-state index contributed by atoms with van der Waals surface area (Å²) in [4.78, 5) is 12.6. The van der Waals surface area contributed by atoms with E-state index in [0.717, 1.165) is 80.8 Å². The van der Waals surface area contributed by atoms with Crippen LogP contribution in [0.25, 0.3) is 11.0 Å². The zero-order chi connectivity index (χ0) is 17.2. The average Bonchev–Trinajstić information content (AvgIpc) is 3.12. The summed E-state index contributed by atoms with van der Waals surface area (Å²) in [7, 11) is 0. The first-order valence-corrected chi connectivity index (χ1v) is 9.26. The Morgan fingerprint density at radius 2 is 1.84 bits per heavy atom. The van der Waals surface area contributed by atoms with Gasteiger partial charge in [-0.3, -0.25) is 4.90 Å². The first-order valence-electron chi connectivity index (χ1n) is 8.89. The van der Waals surface area contributed by atoms with Gasteiger partial charge in [0.1, 0.15) is 0 Å². The number of imidazole rings is 1. The van der Waals surface area contributed by atoms with E-state index in [-0.39, 0.29) is 6.04 Å². The van der Waals surface area contributed by atoms with Crippen LogP contribution >= 0.6 is 11.6 Å². The molecule has 1 aromatic carbocycles. The van der Waals surface area contributed by atoms with E-state index in [4.69, 9.17) is 21.1 Å². The number of rotatable bonds is 4. The minimum absolute atomic E-state index is 0.172. The molecule has 1 atom stereocenters. The molecule has 0 spiro atoms. The van der Waals surface area contributed by atoms with Crippen molar-refractivity contribution in [2.75, 3.05) is 57.5 Å². The highest BCUT2D eigenvalue weighted by Crippen LogP contribution is 2.42. The standard InChI is InChI=1S/C18H24ClN4O2/c1-2-15(22-3-7-24-8-4-22)16-17-14(20-12-21-17)11-13(19)18(16)23-5-9-25-10-6-23/h11-12,15H,1-10H2,(H,20,21). The molecule has 7 heteroatoms. The maximum atomic E-state index is 6.74. The molecule has 3 heterocycles. The van der Waals surface area contributed by atoms with Crippen LogP contribution in [0.2, 0.25) is 5.02 Å². The fourth-order valence-corrected chi connectivity index (χ4v) is 4.22. The molecule has 0 bridgehead atoms. The monoisotopic (exact) mass is 363 g/mol. The number of nitrogens with zero attached hydrogens (tertiary/aromatic N) is 3. The van der Waals surface area contributed by atoms with E-state index < -0.39 is 0 Å². The number of anilines is 1. The van der Waals surface area contributed by atoms with Crippen molar-refractivity contribution in [3.8, 4) is 0 Å². The number of fused-ring (bicyclic) bond motifs is 1. The number of halogens is 1. The van der Waals surface area contributed by atoms with Gasteiger partial charge in [-0.2, -0.15) is 0 Å². The second kappa shape index (κ2) is 7.50. The van der Waals surface area contributed by atoms with Crippen molar-refractivity contribution in [3.63, 3.8) is 0 Å². The van der Waals surface area contributed by atoms with E-state index in [0.29, 0.717) is 0 Å². The van der Waals surface area contributed by atoms with Crippen LogP contribution in [0.4, 0.5) is 5.69 Å². The number of aromatic amines is 1. The van der Waals surface area contributed by atoms with Gasteiger partial charge in [0.25, 0.3) is 0 Å². The number of H-pyrrole nitrogens is 1. The fraction of sp³-hybridized carbons (Fsp3) is 0.556. The van der Waals surface area contributed by atoms with E-state index in [1.165, 1.54) is 5.56 Å². The fourth-order valence-electron chi connectivity index (χ4n) is 3.89. The number of hydrogen-bond donors (Lipinski definition) is 1. The predicted octanol–water partition coefficient (Wildman–Crippen LogP) is 2.65. The molecule has 2 saturated heterocycles. The predicted molar refractivity (Wildman–Crippen MR) is 99.2 cm³/mol. The third-order valence-electron chi connectivity index (χ3n) is 5.10. The highest BCUT2D eigenvalue weighted by Gasteiger charge is 2.30. The van der Waals surface area contributed by atoms with Gasteiger partial charge >= 0.3 is 0 Å². The minimum Gasteiger partial charge on any atom is -0.379 e. The Hall–Kier alpha value is -1.34. The number of aromatic nitrogens is 2. The maximum absolute atomic E-state index is 6.74. The molecule has 135 valence electrons. The van der Waals surface area contributed by atoms with Crippen molar-refractivity contribution in [3.05, 3.63) is 29.9 Å². The number of nitrogens with one attached hydrogen (secondary N) is 1. The SMILES string of the molecule is [CH2]CC(c1c(N2CCOCC2)c(Cl)cc2[nH]cnc12)N1CCOCC1. The van der Waals surface area contributed by atoms with Crippen molar-refractivity contribution in [2.45, 2.75) is 12.5 Å². The Bertz CT molecular complexity index is 723. The summed E-state index contributed by atoms with van der Waals surface area (Å²) >= 11 is 6.74. The second-order valence-corrected chi connectivity index (χ2v) is 6.88. The first kappa shape index (κ1) is 17.1.